The predicted molar refractivity (Wildman–Crippen MR) is 54.0 cm³/mol. The molecule has 2 rings (SSSR count). The Morgan fingerprint density at radius 2 is 2.23 bits per heavy atom. The van der Waals surface area contributed by atoms with Crippen LogP contribution in [-0.2, 0) is 0 Å². The molecule has 0 aliphatic rings. The molecule has 0 heterocycles. The van der Waals surface area contributed by atoms with Crippen LogP contribution in [0, 0.1) is 6.07 Å². The maximum absolute atomic E-state index is 5.50. The van der Waals surface area contributed by atoms with Crippen LogP contribution in [0.25, 0.3) is 10.8 Å². The van der Waals surface area contributed by atoms with E-state index in [-0.39, 0.29) is 0 Å². The van der Waals surface area contributed by atoms with Gasteiger partial charge in [0, 0.05) is 5.39 Å². The van der Waals surface area contributed by atoms with Crippen LogP contribution in [0.1, 0.15) is 6.92 Å². The highest BCUT2D eigenvalue weighted by Gasteiger charge is 1.98. The number of hydrogen-bond donors (Lipinski definition) is 0. The first kappa shape index (κ1) is 8.11. The summed E-state index contributed by atoms with van der Waals surface area (Å²) < 4.78 is 5.50. The Morgan fingerprint density at radius 1 is 1.31 bits per heavy atom. The van der Waals surface area contributed by atoms with Crippen LogP contribution in [0.2, 0.25) is 0 Å². The van der Waals surface area contributed by atoms with Gasteiger partial charge >= 0.3 is 0 Å². The molecule has 0 aliphatic carbocycles. The summed E-state index contributed by atoms with van der Waals surface area (Å²) in [5, 5.41) is 2.33. The molecule has 0 aliphatic heterocycles. The smallest absolute Gasteiger partial charge is 0.127 e. The summed E-state index contributed by atoms with van der Waals surface area (Å²) in [4.78, 5) is 0. The topological polar surface area (TPSA) is 9.23 Å². The zero-order valence-corrected chi connectivity index (χ0v) is 7.58. The lowest BCUT2D eigenvalue weighted by molar-refractivity contribution is 0.344. The minimum atomic E-state index is 0.702. The van der Waals surface area contributed by atoms with Crippen molar-refractivity contribution >= 4 is 10.8 Å². The quantitative estimate of drug-likeness (QED) is 0.674. The second kappa shape index (κ2) is 3.48. The van der Waals surface area contributed by atoms with Gasteiger partial charge in [-0.05, 0) is 30.5 Å². The van der Waals surface area contributed by atoms with Crippen LogP contribution in [0.4, 0.5) is 0 Å². The average Bonchev–Trinajstić information content (AvgIpc) is 2.19. The Bertz CT molecular complexity index is 401. The van der Waals surface area contributed by atoms with Gasteiger partial charge in [-0.1, -0.05) is 24.3 Å². The molecule has 0 aromatic heterocycles. The maximum Gasteiger partial charge on any atom is 0.127 e. The summed E-state index contributed by atoms with van der Waals surface area (Å²) in [6.45, 7) is 2.69. The molecule has 65 valence electrons. The third-order valence-electron chi connectivity index (χ3n) is 1.99. The van der Waals surface area contributed by atoms with E-state index in [4.69, 9.17) is 4.74 Å². The van der Waals surface area contributed by atoms with Crippen molar-refractivity contribution in [2.24, 2.45) is 0 Å². The lowest BCUT2D eigenvalue weighted by atomic mass is 10.1. The summed E-state index contributed by atoms with van der Waals surface area (Å²) in [6.07, 6.45) is 0. The van der Waals surface area contributed by atoms with Crippen LogP contribution in [-0.4, -0.2) is 6.61 Å². The summed E-state index contributed by atoms with van der Waals surface area (Å²) in [6, 6.07) is 15.0. The number of rotatable bonds is 2. The van der Waals surface area contributed by atoms with Crippen molar-refractivity contribution in [3.63, 3.8) is 0 Å². The Morgan fingerprint density at radius 3 is 3.08 bits per heavy atom. The molecule has 0 atom stereocenters. The lowest BCUT2D eigenvalue weighted by Crippen LogP contribution is -1.91. The molecule has 1 nitrogen and oxygen atoms in total. The van der Waals surface area contributed by atoms with Crippen LogP contribution < -0.4 is 4.74 Å². The van der Waals surface area contributed by atoms with Gasteiger partial charge in [-0.15, -0.1) is 0 Å². The molecule has 2 aromatic carbocycles. The first-order valence-electron chi connectivity index (χ1n) is 4.43. The molecular weight excluding hydrogens is 160 g/mol. The molecule has 0 spiro atoms. The average molecular weight is 171 g/mol. The van der Waals surface area contributed by atoms with E-state index in [0.29, 0.717) is 6.61 Å². The van der Waals surface area contributed by atoms with Crippen molar-refractivity contribution in [1.82, 2.24) is 0 Å². The van der Waals surface area contributed by atoms with E-state index >= 15 is 0 Å². The number of ether oxygens (including phenoxy) is 1. The van der Waals surface area contributed by atoms with Gasteiger partial charge in [0.05, 0.1) is 6.61 Å². The van der Waals surface area contributed by atoms with Crippen molar-refractivity contribution in [2.75, 3.05) is 6.61 Å². The standard InChI is InChI=1S/C12H11O/c1-2-13-12-9-5-7-10-6-3-4-8-11(10)12/h3,5-9H,2H2,1H3. The Balaban J connectivity index is 2.61. The molecule has 1 heteroatoms. The molecular formula is C12H11O. The number of fused-ring (bicyclic) bond motifs is 1. The van der Waals surface area contributed by atoms with E-state index in [2.05, 4.69) is 12.1 Å². The lowest BCUT2D eigenvalue weighted by Gasteiger charge is -2.05. The van der Waals surface area contributed by atoms with Gasteiger partial charge in [-0.3, -0.25) is 0 Å². The molecule has 1 radical (unpaired) electrons. The minimum Gasteiger partial charge on any atom is -0.493 e. The van der Waals surface area contributed by atoms with E-state index in [0.717, 1.165) is 11.1 Å². The monoisotopic (exact) mass is 171 g/mol. The van der Waals surface area contributed by atoms with Gasteiger partial charge in [0.2, 0.25) is 0 Å². The zero-order chi connectivity index (χ0) is 9.10. The molecule has 0 saturated carbocycles. The fourth-order valence-corrected chi connectivity index (χ4v) is 1.41. The fraction of sp³-hybridized carbons (Fsp3) is 0.167. The summed E-state index contributed by atoms with van der Waals surface area (Å²) in [5.41, 5.74) is 0. The highest BCUT2D eigenvalue weighted by atomic mass is 16.5. The van der Waals surface area contributed by atoms with Crippen molar-refractivity contribution in [2.45, 2.75) is 6.92 Å². The van der Waals surface area contributed by atoms with Crippen LogP contribution in [0.15, 0.2) is 36.4 Å². The van der Waals surface area contributed by atoms with E-state index in [9.17, 15) is 0 Å². The molecule has 0 fully saturated rings. The van der Waals surface area contributed by atoms with Gasteiger partial charge in [0.25, 0.3) is 0 Å². The van der Waals surface area contributed by atoms with Gasteiger partial charge < -0.3 is 4.74 Å². The second-order valence-electron chi connectivity index (χ2n) is 2.84. The normalized spacial score (nSPS) is 10.2. The van der Waals surface area contributed by atoms with E-state index in [1.54, 1.807) is 0 Å². The van der Waals surface area contributed by atoms with Gasteiger partial charge in [-0.25, -0.2) is 0 Å². The molecule has 0 N–H and O–H groups in total. The Hall–Kier alpha value is -1.50. The Kier molecular flexibility index (Phi) is 2.17. The summed E-state index contributed by atoms with van der Waals surface area (Å²) >= 11 is 0. The second-order valence-corrected chi connectivity index (χ2v) is 2.84. The van der Waals surface area contributed by atoms with Crippen LogP contribution >= 0.6 is 0 Å². The van der Waals surface area contributed by atoms with E-state index < -0.39 is 0 Å². The highest BCUT2D eigenvalue weighted by Crippen LogP contribution is 2.24. The van der Waals surface area contributed by atoms with Crippen molar-refractivity contribution < 1.29 is 4.74 Å². The minimum absolute atomic E-state index is 0.702. The number of hydrogen-bond acceptors (Lipinski definition) is 1. The molecule has 0 saturated heterocycles. The third kappa shape index (κ3) is 1.50. The largest absolute Gasteiger partial charge is 0.493 e. The van der Waals surface area contributed by atoms with Crippen molar-refractivity contribution in [3.05, 3.63) is 42.5 Å². The number of benzene rings is 2. The van der Waals surface area contributed by atoms with Crippen molar-refractivity contribution in [1.29, 1.82) is 0 Å². The van der Waals surface area contributed by atoms with Crippen LogP contribution in [0.3, 0.4) is 0 Å². The molecule has 2 aromatic rings. The first-order valence-corrected chi connectivity index (χ1v) is 4.43. The summed E-state index contributed by atoms with van der Waals surface area (Å²) in [5.74, 6) is 0.942. The maximum atomic E-state index is 5.50. The third-order valence-corrected chi connectivity index (χ3v) is 1.99. The Labute approximate surface area is 78.0 Å². The molecule has 0 unspecified atom stereocenters. The SMILES string of the molecule is CCOc1cccc2cc[c]cc12. The fourth-order valence-electron chi connectivity index (χ4n) is 1.41. The van der Waals surface area contributed by atoms with Gasteiger partial charge in [0.1, 0.15) is 5.75 Å². The van der Waals surface area contributed by atoms with Crippen LogP contribution in [0.5, 0.6) is 5.75 Å². The molecule has 0 bridgehead atoms. The molecule has 13 heavy (non-hydrogen) atoms. The van der Waals surface area contributed by atoms with Gasteiger partial charge in [-0.2, -0.15) is 0 Å². The van der Waals surface area contributed by atoms with Crippen molar-refractivity contribution in [3.8, 4) is 5.75 Å². The van der Waals surface area contributed by atoms with Gasteiger partial charge in [0.15, 0.2) is 0 Å². The first-order chi connectivity index (χ1) is 6.42. The summed E-state index contributed by atoms with van der Waals surface area (Å²) in [7, 11) is 0. The highest BCUT2D eigenvalue weighted by molar-refractivity contribution is 5.88. The zero-order valence-electron chi connectivity index (χ0n) is 7.58. The van der Waals surface area contributed by atoms with E-state index in [1.807, 2.05) is 37.3 Å². The predicted octanol–water partition coefficient (Wildman–Crippen LogP) is 3.04. The molecule has 0 amide bonds. The van der Waals surface area contributed by atoms with E-state index in [1.165, 1.54) is 5.39 Å².